The van der Waals surface area contributed by atoms with E-state index in [0.29, 0.717) is 32.0 Å². The zero-order valence-corrected chi connectivity index (χ0v) is 13.2. The lowest BCUT2D eigenvalue weighted by molar-refractivity contribution is -0.0576. The first-order valence-corrected chi connectivity index (χ1v) is 7.47. The summed E-state index contributed by atoms with van der Waals surface area (Å²) in [5.41, 5.74) is -0.0825. The molecule has 1 N–H and O–H groups in total. The van der Waals surface area contributed by atoms with E-state index in [0.717, 1.165) is 19.4 Å². The summed E-state index contributed by atoms with van der Waals surface area (Å²) in [5, 5.41) is 3.42. The van der Waals surface area contributed by atoms with Crippen molar-refractivity contribution in [2.75, 3.05) is 26.4 Å². The summed E-state index contributed by atoms with van der Waals surface area (Å²) in [4.78, 5) is 0. The molecular weight excluding hydrogens is 242 g/mol. The maximum Gasteiger partial charge on any atom is 0.0813 e. The van der Waals surface area contributed by atoms with Crippen LogP contribution in [0.3, 0.4) is 0 Å². The molecule has 1 fully saturated rings. The quantitative estimate of drug-likeness (QED) is 0.689. The van der Waals surface area contributed by atoms with Gasteiger partial charge in [-0.2, -0.15) is 0 Å². The average molecular weight is 273 g/mol. The molecule has 0 amide bonds. The van der Waals surface area contributed by atoms with E-state index in [4.69, 9.17) is 14.2 Å². The van der Waals surface area contributed by atoms with E-state index in [-0.39, 0.29) is 11.7 Å². The Bertz CT molecular complexity index is 238. The molecule has 0 aromatic rings. The highest BCUT2D eigenvalue weighted by atomic mass is 16.6. The predicted octanol–water partition coefficient (Wildman–Crippen LogP) is 2.36. The molecule has 0 spiro atoms. The van der Waals surface area contributed by atoms with Crippen LogP contribution in [0.2, 0.25) is 0 Å². The van der Waals surface area contributed by atoms with Crippen LogP contribution >= 0.6 is 0 Å². The van der Waals surface area contributed by atoms with Gasteiger partial charge in [0.05, 0.1) is 37.6 Å². The molecular formula is C15H31NO3. The average Bonchev–Trinajstić information content (AvgIpc) is 2.72. The Hall–Kier alpha value is -0.160. The second kappa shape index (κ2) is 8.20. The van der Waals surface area contributed by atoms with Crippen molar-refractivity contribution in [1.82, 2.24) is 5.32 Å². The van der Waals surface area contributed by atoms with Gasteiger partial charge in [0.1, 0.15) is 0 Å². The van der Waals surface area contributed by atoms with Gasteiger partial charge in [0, 0.05) is 12.6 Å². The largest absolute Gasteiger partial charge is 0.376 e. The molecule has 1 heterocycles. The van der Waals surface area contributed by atoms with E-state index in [2.05, 4.69) is 39.9 Å². The monoisotopic (exact) mass is 273 g/mol. The van der Waals surface area contributed by atoms with E-state index in [1.807, 2.05) is 0 Å². The van der Waals surface area contributed by atoms with Crippen molar-refractivity contribution in [1.29, 1.82) is 0 Å². The molecule has 0 radical (unpaired) electrons. The Kier molecular flexibility index (Phi) is 7.29. The Morgan fingerprint density at radius 1 is 1.16 bits per heavy atom. The van der Waals surface area contributed by atoms with Crippen molar-refractivity contribution in [2.45, 2.75) is 71.3 Å². The van der Waals surface area contributed by atoms with Gasteiger partial charge < -0.3 is 19.5 Å². The highest BCUT2D eigenvalue weighted by Crippen LogP contribution is 2.19. The Labute approximate surface area is 118 Å². The second-order valence-electron chi connectivity index (χ2n) is 6.56. The minimum Gasteiger partial charge on any atom is -0.376 e. The van der Waals surface area contributed by atoms with Gasteiger partial charge in [-0.05, 0) is 33.6 Å². The van der Waals surface area contributed by atoms with Crippen LogP contribution in [-0.4, -0.2) is 50.2 Å². The van der Waals surface area contributed by atoms with Crippen molar-refractivity contribution in [2.24, 2.45) is 0 Å². The lowest BCUT2D eigenvalue weighted by Gasteiger charge is -2.20. The Morgan fingerprint density at radius 2 is 1.84 bits per heavy atom. The molecule has 2 atom stereocenters. The minimum absolute atomic E-state index is 0.0825. The van der Waals surface area contributed by atoms with Gasteiger partial charge in [-0.25, -0.2) is 0 Å². The van der Waals surface area contributed by atoms with Crippen molar-refractivity contribution in [3.63, 3.8) is 0 Å². The Morgan fingerprint density at radius 3 is 2.47 bits per heavy atom. The fourth-order valence-electron chi connectivity index (χ4n) is 2.04. The standard InChI is InChI=1S/C15H31NO3/c1-12(2)16-10-13-6-7-14(19-13)11-17-8-9-18-15(3,4)5/h12-14,16H,6-11H2,1-5H3. The minimum atomic E-state index is -0.0825. The lowest BCUT2D eigenvalue weighted by atomic mass is 10.2. The van der Waals surface area contributed by atoms with Crippen LogP contribution in [0.1, 0.15) is 47.5 Å². The van der Waals surface area contributed by atoms with Crippen LogP contribution in [0.25, 0.3) is 0 Å². The van der Waals surface area contributed by atoms with Crippen LogP contribution in [-0.2, 0) is 14.2 Å². The fraction of sp³-hybridized carbons (Fsp3) is 1.00. The molecule has 1 aliphatic heterocycles. The maximum atomic E-state index is 5.93. The van der Waals surface area contributed by atoms with Gasteiger partial charge in [0.25, 0.3) is 0 Å². The first-order chi connectivity index (χ1) is 8.87. The van der Waals surface area contributed by atoms with Crippen LogP contribution in [0, 0.1) is 0 Å². The zero-order valence-electron chi connectivity index (χ0n) is 13.2. The maximum absolute atomic E-state index is 5.93. The van der Waals surface area contributed by atoms with Crippen molar-refractivity contribution < 1.29 is 14.2 Å². The molecule has 114 valence electrons. The molecule has 2 unspecified atom stereocenters. The number of nitrogens with one attached hydrogen (secondary N) is 1. The molecule has 4 nitrogen and oxygen atoms in total. The molecule has 0 bridgehead atoms. The summed E-state index contributed by atoms with van der Waals surface area (Å²) in [6.45, 7) is 13.4. The second-order valence-corrected chi connectivity index (χ2v) is 6.56. The molecule has 1 rings (SSSR count). The molecule has 0 aromatic carbocycles. The lowest BCUT2D eigenvalue weighted by Crippen LogP contribution is -2.32. The Balaban J connectivity index is 2.00. The third-order valence-electron chi connectivity index (χ3n) is 3.02. The number of rotatable bonds is 8. The molecule has 19 heavy (non-hydrogen) atoms. The van der Waals surface area contributed by atoms with Gasteiger partial charge >= 0.3 is 0 Å². The number of ether oxygens (including phenoxy) is 3. The normalized spacial score (nSPS) is 24.3. The third-order valence-corrected chi connectivity index (χ3v) is 3.02. The smallest absolute Gasteiger partial charge is 0.0813 e. The van der Waals surface area contributed by atoms with E-state index >= 15 is 0 Å². The first kappa shape index (κ1) is 16.9. The van der Waals surface area contributed by atoms with Crippen molar-refractivity contribution in [3.8, 4) is 0 Å². The molecule has 0 aromatic heterocycles. The summed E-state index contributed by atoms with van der Waals surface area (Å²) < 4.78 is 17.2. The number of hydrogen-bond donors (Lipinski definition) is 1. The molecule has 0 saturated carbocycles. The highest BCUT2D eigenvalue weighted by molar-refractivity contribution is 4.75. The van der Waals surface area contributed by atoms with Crippen LogP contribution < -0.4 is 5.32 Å². The van der Waals surface area contributed by atoms with E-state index in [1.165, 1.54) is 0 Å². The predicted molar refractivity (Wildman–Crippen MR) is 77.6 cm³/mol. The number of hydrogen-bond acceptors (Lipinski definition) is 4. The summed E-state index contributed by atoms with van der Waals surface area (Å²) >= 11 is 0. The SMILES string of the molecule is CC(C)NCC1CCC(COCCOC(C)(C)C)O1. The van der Waals surface area contributed by atoms with Gasteiger partial charge in [-0.1, -0.05) is 13.8 Å². The fourth-order valence-corrected chi connectivity index (χ4v) is 2.04. The zero-order chi connectivity index (χ0) is 14.3. The van der Waals surface area contributed by atoms with Gasteiger partial charge in [0.15, 0.2) is 0 Å². The first-order valence-electron chi connectivity index (χ1n) is 7.47. The third kappa shape index (κ3) is 8.58. The summed E-state index contributed by atoms with van der Waals surface area (Å²) in [6.07, 6.45) is 2.84. The van der Waals surface area contributed by atoms with E-state index < -0.39 is 0 Å². The van der Waals surface area contributed by atoms with Crippen molar-refractivity contribution in [3.05, 3.63) is 0 Å². The summed E-state index contributed by atoms with van der Waals surface area (Å²) in [7, 11) is 0. The molecule has 0 aliphatic carbocycles. The molecule has 4 heteroatoms. The molecule has 1 saturated heterocycles. The highest BCUT2D eigenvalue weighted by Gasteiger charge is 2.25. The van der Waals surface area contributed by atoms with E-state index in [1.54, 1.807) is 0 Å². The van der Waals surface area contributed by atoms with Gasteiger partial charge in [0.2, 0.25) is 0 Å². The van der Waals surface area contributed by atoms with E-state index in [9.17, 15) is 0 Å². The summed E-state index contributed by atoms with van der Waals surface area (Å²) in [5.74, 6) is 0. The van der Waals surface area contributed by atoms with Crippen LogP contribution in [0.5, 0.6) is 0 Å². The van der Waals surface area contributed by atoms with Crippen molar-refractivity contribution >= 4 is 0 Å². The summed E-state index contributed by atoms with van der Waals surface area (Å²) in [6, 6.07) is 0.522. The van der Waals surface area contributed by atoms with Gasteiger partial charge in [-0.15, -0.1) is 0 Å². The molecule has 1 aliphatic rings. The van der Waals surface area contributed by atoms with Gasteiger partial charge in [-0.3, -0.25) is 0 Å². The van der Waals surface area contributed by atoms with Crippen LogP contribution in [0.15, 0.2) is 0 Å². The van der Waals surface area contributed by atoms with Crippen LogP contribution in [0.4, 0.5) is 0 Å². The topological polar surface area (TPSA) is 39.7 Å².